The Morgan fingerprint density at radius 2 is 2.03 bits per heavy atom. The van der Waals surface area contributed by atoms with Gasteiger partial charge in [0.25, 0.3) is 5.91 Å². The molecule has 1 atom stereocenters. The number of aromatic nitrogens is 4. The van der Waals surface area contributed by atoms with E-state index >= 15 is 0 Å². The van der Waals surface area contributed by atoms with Crippen molar-refractivity contribution in [2.75, 3.05) is 18.5 Å². The molecule has 174 valence electrons. The summed E-state index contributed by atoms with van der Waals surface area (Å²) in [7, 11) is 0. The van der Waals surface area contributed by atoms with Gasteiger partial charge in [-0.1, -0.05) is 0 Å². The van der Waals surface area contributed by atoms with Gasteiger partial charge in [-0.05, 0) is 39.8 Å². The lowest BCUT2D eigenvalue weighted by atomic mass is 10.0. The number of anilines is 1. The maximum atomic E-state index is 14.3. The number of nitrogens with one attached hydrogen (secondary N) is 2. The molecule has 0 saturated heterocycles. The lowest BCUT2D eigenvalue weighted by Crippen LogP contribution is -2.42. The summed E-state index contributed by atoms with van der Waals surface area (Å²) in [5.41, 5.74) is -1.30. The Morgan fingerprint density at radius 3 is 2.67 bits per heavy atom. The topological polar surface area (TPSA) is 149 Å². The smallest absolute Gasteiger partial charge is 0.257 e. The summed E-state index contributed by atoms with van der Waals surface area (Å²) in [5, 5.41) is 39.1. The molecule has 11 heteroatoms. The third-order valence-electron chi connectivity index (χ3n) is 4.97. The van der Waals surface area contributed by atoms with E-state index in [9.17, 15) is 19.4 Å². The molecule has 0 aliphatic rings. The van der Waals surface area contributed by atoms with Crippen LogP contribution in [0.5, 0.6) is 0 Å². The van der Waals surface area contributed by atoms with E-state index in [1.54, 1.807) is 26.0 Å². The van der Waals surface area contributed by atoms with Gasteiger partial charge < -0.3 is 20.8 Å². The number of amides is 1. The largest absolute Gasteiger partial charge is 0.394 e. The highest BCUT2D eigenvalue weighted by Crippen LogP contribution is 2.26. The number of halogens is 1. The molecule has 3 heterocycles. The predicted molar refractivity (Wildman–Crippen MR) is 120 cm³/mol. The third-order valence-corrected chi connectivity index (χ3v) is 4.97. The van der Waals surface area contributed by atoms with Gasteiger partial charge in [0.15, 0.2) is 11.5 Å². The lowest BCUT2D eigenvalue weighted by molar-refractivity contribution is -0.00177. The standard InChI is InChI=1S/C22H26FN7O3/c1-21(2,12-31)29-15-5-6-25-19(17(15)20(32)27-11-16(23)22(3,4)33)30-18-14(10-28-30)7-13(8-24)9-26-18/h5-7,9-10,16,31,33H,11-12H2,1-4H3,(H,25,29)(H,27,32). The van der Waals surface area contributed by atoms with Crippen LogP contribution < -0.4 is 10.6 Å². The van der Waals surface area contributed by atoms with Crippen LogP contribution in [0, 0.1) is 11.3 Å². The summed E-state index contributed by atoms with van der Waals surface area (Å²) >= 11 is 0. The van der Waals surface area contributed by atoms with Crippen molar-refractivity contribution in [2.45, 2.75) is 45.0 Å². The number of pyridine rings is 2. The van der Waals surface area contributed by atoms with Gasteiger partial charge in [-0.25, -0.2) is 14.4 Å². The van der Waals surface area contributed by atoms with Gasteiger partial charge in [-0.3, -0.25) is 4.79 Å². The fourth-order valence-electron chi connectivity index (χ4n) is 3.00. The zero-order valence-corrected chi connectivity index (χ0v) is 18.8. The van der Waals surface area contributed by atoms with Gasteiger partial charge in [0.1, 0.15) is 17.8 Å². The molecule has 33 heavy (non-hydrogen) atoms. The molecule has 0 aliphatic heterocycles. The van der Waals surface area contributed by atoms with Crippen molar-refractivity contribution in [3.63, 3.8) is 0 Å². The first-order valence-electron chi connectivity index (χ1n) is 10.2. The summed E-state index contributed by atoms with van der Waals surface area (Å²) in [5.74, 6) is -0.532. The minimum Gasteiger partial charge on any atom is -0.394 e. The van der Waals surface area contributed by atoms with Gasteiger partial charge in [0, 0.05) is 17.8 Å². The van der Waals surface area contributed by atoms with Crippen molar-refractivity contribution in [2.24, 2.45) is 0 Å². The Labute approximate surface area is 190 Å². The highest BCUT2D eigenvalue weighted by Gasteiger charge is 2.29. The number of nitrogens with zero attached hydrogens (tertiary/aromatic N) is 5. The van der Waals surface area contributed by atoms with Gasteiger partial charge >= 0.3 is 0 Å². The second kappa shape index (κ2) is 9.09. The molecule has 0 aromatic carbocycles. The van der Waals surface area contributed by atoms with Crippen molar-refractivity contribution >= 4 is 22.6 Å². The van der Waals surface area contributed by atoms with Crippen molar-refractivity contribution < 1.29 is 19.4 Å². The van der Waals surface area contributed by atoms with Crippen LogP contribution in [0.4, 0.5) is 10.1 Å². The van der Waals surface area contributed by atoms with Gasteiger partial charge in [-0.2, -0.15) is 15.0 Å². The summed E-state index contributed by atoms with van der Waals surface area (Å²) in [6.45, 7) is 5.47. The zero-order valence-electron chi connectivity index (χ0n) is 18.8. The van der Waals surface area contributed by atoms with Crippen LogP contribution in [-0.2, 0) is 0 Å². The molecule has 0 aliphatic carbocycles. The number of hydrogen-bond acceptors (Lipinski definition) is 8. The van der Waals surface area contributed by atoms with Gasteiger partial charge in [0.05, 0.1) is 41.7 Å². The fourth-order valence-corrected chi connectivity index (χ4v) is 3.00. The first-order valence-corrected chi connectivity index (χ1v) is 10.2. The summed E-state index contributed by atoms with van der Waals surface area (Å²) in [6, 6.07) is 5.18. The molecule has 3 aromatic heterocycles. The number of carbonyl (C=O) groups is 1. The molecular weight excluding hydrogens is 429 g/mol. The second-order valence-electron chi connectivity index (χ2n) is 8.86. The highest BCUT2D eigenvalue weighted by molar-refractivity contribution is 6.03. The van der Waals surface area contributed by atoms with Crippen LogP contribution >= 0.6 is 0 Å². The number of hydrogen-bond donors (Lipinski definition) is 4. The van der Waals surface area contributed by atoms with Crippen LogP contribution in [0.3, 0.4) is 0 Å². The maximum absolute atomic E-state index is 14.3. The number of aliphatic hydroxyl groups is 2. The van der Waals surface area contributed by atoms with Crippen molar-refractivity contribution in [3.8, 4) is 11.9 Å². The molecule has 3 aromatic rings. The lowest BCUT2D eigenvalue weighted by Gasteiger charge is -2.27. The molecule has 1 unspecified atom stereocenters. The molecule has 0 fully saturated rings. The average Bonchev–Trinajstić information content (AvgIpc) is 3.19. The number of nitriles is 1. The molecule has 0 spiro atoms. The molecular formula is C22H26FN7O3. The number of rotatable bonds is 8. The van der Waals surface area contributed by atoms with Gasteiger partial charge in [0.2, 0.25) is 0 Å². The normalized spacial score (nSPS) is 12.9. The molecule has 1 amide bonds. The average molecular weight is 455 g/mol. The Balaban J connectivity index is 2.11. The van der Waals surface area contributed by atoms with E-state index in [1.165, 1.54) is 37.1 Å². The van der Waals surface area contributed by atoms with Crippen molar-refractivity contribution in [3.05, 3.63) is 41.9 Å². The van der Waals surface area contributed by atoms with E-state index in [2.05, 4.69) is 25.7 Å². The predicted octanol–water partition coefficient (Wildman–Crippen LogP) is 1.71. The fraction of sp³-hybridized carbons (Fsp3) is 0.409. The Hall–Kier alpha value is -3.62. The first-order chi connectivity index (χ1) is 15.5. The monoisotopic (exact) mass is 455 g/mol. The summed E-state index contributed by atoms with van der Waals surface area (Å²) < 4.78 is 15.6. The molecule has 10 nitrogen and oxygen atoms in total. The number of alkyl halides is 1. The molecule has 4 N–H and O–H groups in total. The Bertz CT molecular complexity index is 1210. The van der Waals surface area contributed by atoms with Gasteiger partial charge in [-0.15, -0.1) is 0 Å². The first kappa shape index (κ1) is 24.0. The minimum atomic E-state index is -1.71. The van der Waals surface area contributed by atoms with E-state index < -0.39 is 29.8 Å². The molecule has 0 bridgehead atoms. The number of fused-ring (bicyclic) bond motifs is 1. The number of aliphatic hydroxyl groups excluding tert-OH is 1. The highest BCUT2D eigenvalue weighted by atomic mass is 19.1. The van der Waals surface area contributed by atoms with Crippen molar-refractivity contribution in [1.82, 2.24) is 25.1 Å². The minimum absolute atomic E-state index is 0.0538. The molecule has 0 radical (unpaired) electrons. The van der Waals surface area contributed by atoms with Crippen LogP contribution in [0.2, 0.25) is 0 Å². The zero-order chi connectivity index (χ0) is 24.4. The van der Waals surface area contributed by atoms with E-state index in [-0.39, 0.29) is 18.0 Å². The van der Waals surface area contributed by atoms with E-state index in [4.69, 9.17) is 5.26 Å². The Morgan fingerprint density at radius 1 is 1.30 bits per heavy atom. The van der Waals surface area contributed by atoms with Crippen LogP contribution in [0.25, 0.3) is 16.9 Å². The third kappa shape index (κ3) is 5.24. The summed E-state index contributed by atoms with van der Waals surface area (Å²) in [4.78, 5) is 21.8. The second-order valence-corrected chi connectivity index (χ2v) is 8.86. The summed E-state index contributed by atoms with van der Waals surface area (Å²) in [6.07, 6.45) is 2.64. The van der Waals surface area contributed by atoms with Crippen LogP contribution in [0.1, 0.15) is 43.6 Å². The van der Waals surface area contributed by atoms with Crippen LogP contribution in [0.15, 0.2) is 30.7 Å². The molecule has 3 rings (SSSR count). The van der Waals surface area contributed by atoms with E-state index in [0.29, 0.717) is 22.3 Å². The van der Waals surface area contributed by atoms with E-state index in [0.717, 1.165) is 0 Å². The Kier molecular flexibility index (Phi) is 6.62. The molecule has 0 saturated carbocycles. The van der Waals surface area contributed by atoms with Crippen LogP contribution in [-0.4, -0.2) is 66.3 Å². The number of carbonyl (C=O) groups excluding carboxylic acids is 1. The van der Waals surface area contributed by atoms with E-state index in [1.807, 2.05) is 6.07 Å². The SMILES string of the molecule is CC(C)(CO)Nc1ccnc(-n2ncc3cc(C#N)cnc32)c1C(=O)NCC(F)C(C)(C)O. The quantitative estimate of drug-likeness (QED) is 0.401. The van der Waals surface area contributed by atoms with Crippen molar-refractivity contribution in [1.29, 1.82) is 5.26 Å². The maximum Gasteiger partial charge on any atom is 0.257 e.